The van der Waals surface area contributed by atoms with E-state index in [9.17, 15) is 9.59 Å². The highest BCUT2D eigenvalue weighted by molar-refractivity contribution is 5.86. The molecule has 0 aromatic heterocycles. The number of methoxy groups -OCH3 is 2. The second-order valence-corrected chi connectivity index (χ2v) is 5.05. The van der Waals surface area contributed by atoms with Gasteiger partial charge in [-0.2, -0.15) is 0 Å². The maximum absolute atomic E-state index is 11.9. The van der Waals surface area contributed by atoms with Crippen LogP contribution in [-0.2, 0) is 16.1 Å². The minimum Gasteiger partial charge on any atom is -0.497 e. The molecular formula is C15H20N2O5. The number of hydrogen-bond acceptors (Lipinski definition) is 5. The van der Waals surface area contributed by atoms with Crippen molar-refractivity contribution in [1.29, 1.82) is 0 Å². The highest BCUT2D eigenvalue weighted by Gasteiger charge is 2.31. The van der Waals surface area contributed by atoms with Crippen LogP contribution in [-0.4, -0.2) is 55.2 Å². The first-order valence-electron chi connectivity index (χ1n) is 6.99. The Balaban J connectivity index is 2.19. The normalized spacial score (nSPS) is 18.6. The molecule has 120 valence electrons. The molecule has 0 unspecified atom stereocenters. The van der Waals surface area contributed by atoms with E-state index < -0.39 is 12.0 Å². The van der Waals surface area contributed by atoms with Crippen molar-refractivity contribution in [3.05, 3.63) is 23.8 Å². The first-order valence-corrected chi connectivity index (χ1v) is 6.99. The fourth-order valence-electron chi connectivity index (χ4n) is 2.54. The van der Waals surface area contributed by atoms with Gasteiger partial charge in [-0.3, -0.25) is 14.5 Å². The molecule has 7 nitrogen and oxygen atoms in total. The molecule has 1 atom stereocenters. The van der Waals surface area contributed by atoms with Crippen molar-refractivity contribution in [3.63, 3.8) is 0 Å². The number of benzene rings is 1. The van der Waals surface area contributed by atoms with Gasteiger partial charge >= 0.3 is 5.97 Å². The number of nitrogens with zero attached hydrogens (tertiary/aromatic N) is 1. The molecule has 2 N–H and O–H groups in total. The fraction of sp³-hybridized carbons (Fsp3) is 0.467. The van der Waals surface area contributed by atoms with Crippen molar-refractivity contribution in [1.82, 2.24) is 10.2 Å². The van der Waals surface area contributed by atoms with Crippen LogP contribution in [0.25, 0.3) is 0 Å². The maximum atomic E-state index is 11.9. The van der Waals surface area contributed by atoms with Gasteiger partial charge in [0.2, 0.25) is 5.91 Å². The van der Waals surface area contributed by atoms with Gasteiger partial charge in [0.1, 0.15) is 17.5 Å². The number of ether oxygens (including phenoxy) is 2. The molecule has 1 amide bonds. The number of aliphatic carboxylic acids is 1. The quantitative estimate of drug-likeness (QED) is 0.795. The zero-order valence-corrected chi connectivity index (χ0v) is 12.7. The van der Waals surface area contributed by atoms with Crippen molar-refractivity contribution < 1.29 is 24.2 Å². The summed E-state index contributed by atoms with van der Waals surface area (Å²) in [6.07, 6.45) is -0.218. The summed E-state index contributed by atoms with van der Waals surface area (Å²) in [5.74, 6) is 0.0911. The van der Waals surface area contributed by atoms with Gasteiger partial charge in [-0.05, 0) is 6.07 Å². The monoisotopic (exact) mass is 308 g/mol. The molecule has 1 aliphatic heterocycles. The molecule has 1 aliphatic rings. The van der Waals surface area contributed by atoms with E-state index in [1.54, 1.807) is 20.3 Å². The number of carboxylic acid groups (broad SMARTS) is 1. The Labute approximate surface area is 128 Å². The predicted octanol–water partition coefficient (Wildman–Crippen LogP) is 0.479. The van der Waals surface area contributed by atoms with Gasteiger partial charge in [0.05, 0.1) is 20.6 Å². The van der Waals surface area contributed by atoms with E-state index in [1.807, 2.05) is 17.0 Å². The summed E-state index contributed by atoms with van der Waals surface area (Å²) in [6, 6.07) is 4.78. The first kappa shape index (κ1) is 16.1. The maximum Gasteiger partial charge on any atom is 0.305 e. The zero-order chi connectivity index (χ0) is 16.1. The van der Waals surface area contributed by atoms with Crippen LogP contribution in [0.2, 0.25) is 0 Å². The van der Waals surface area contributed by atoms with E-state index in [0.29, 0.717) is 31.1 Å². The van der Waals surface area contributed by atoms with Crippen molar-refractivity contribution in [2.75, 3.05) is 27.3 Å². The average molecular weight is 308 g/mol. The largest absolute Gasteiger partial charge is 0.497 e. The van der Waals surface area contributed by atoms with Gasteiger partial charge in [0.15, 0.2) is 0 Å². The van der Waals surface area contributed by atoms with Crippen molar-refractivity contribution in [2.24, 2.45) is 0 Å². The average Bonchev–Trinajstić information content (AvgIpc) is 2.50. The summed E-state index contributed by atoms with van der Waals surface area (Å²) in [4.78, 5) is 24.7. The lowest BCUT2D eigenvalue weighted by atomic mass is 10.1. The lowest BCUT2D eigenvalue weighted by Gasteiger charge is -2.34. The third-order valence-electron chi connectivity index (χ3n) is 3.68. The molecule has 1 fully saturated rings. The van der Waals surface area contributed by atoms with Crippen LogP contribution in [0.3, 0.4) is 0 Å². The molecule has 2 rings (SSSR count). The molecule has 0 aliphatic carbocycles. The van der Waals surface area contributed by atoms with Crippen LogP contribution in [0.1, 0.15) is 12.0 Å². The number of amides is 1. The van der Waals surface area contributed by atoms with E-state index in [4.69, 9.17) is 14.6 Å². The van der Waals surface area contributed by atoms with Crippen LogP contribution in [0.5, 0.6) is 11.5 Å². The van der Waals surface area contributed by atoms with Gasteiger partial charge in [0, 0.05) is 31.3 Å². The van der Waals surface area contributed by atoms with E-state index in [2.05, 4.69) is 5.32 Å². The van der Waals surface area contributed by atoms with Crippen LogP contribution >= 0.6 is 0 Å². The zero-order valence-electron chi connectivity index (χ0n) is 12.7. The minimum atomic E-state index is -0.992. The summed E-state index contributed by atoms with van der Waals surface area (Å²) in [6.45, 7) is 1.55. The van der Waals surface area contributed by atoms with Gasteiger partial charge in [-0.25, -0.2) is 0 Å². The van der Waals surface area contributed by atoms with Crippen LogP contribution in [0.15, 0.2) is 18.2 Å². The number of carboxylic acids is 1. The number of rotatable bonds is 6. The Bertz CT molecular complexity index is 561. The Morgan fingerprint density at radius 2 is 2.18 bits per heavy atom. The van der Waals surface area contributed by atoms with Crippen LogP contribution in [0.4, 0.5) is 0 Å². The molecule has 0 radical (unpaired) electrons. The lowest BCUT2D eigenvalue weighted by Crippen LogP contribution is -2.55. The summed E-state index contributed by atoms with van der Waals surface area (Å²) >= 11 is 0. The number of carbonyl (C=O) groups excluding carboxylic acids is 1. The lowest BCUT2D eigenvalue weighted by molar-refractivity contribution is -0.143. The summed E-state index contributed by atoms with van der Waals surface area (Å²) in [5.41, 5.74) is 0.883. The number of carbonyl (C=O) groups is 2. The molecule has 1 aromatic carbocycles. The van der Waals surface area contributed by atoms with Crippen molar-refractivity contribution in [2.45, 2.75) is 19.0 Å². The molecule has 1 aromatic rings. The molecule has 0 saturated carbocycles. The highest BCUT2D eigenvalue weighted by Crippen LogP contribution is 2.27. The Morgan fingerprint density at radius 3 is 2.82 bits per heavy atom. The molecule has 1 heterocycles. The summed E-state index contributed by atoms with van der Waals surface area (Å²) < 4.78 is 10.5. The van der Waals surface area contributed by atoms with E-state index >= 15 is 0 Å². The molecule has 22 heavy (non-hydrogen) atoms. The SMILES string of the molecule is COc1ccc(CN2CCNC(=O)[C@H]2CC(=O)O)c(OC)c1. The van der Waals surface area contributed by atoms with E-state index in [0.717, 1.165) is 5.56 Å². The molecular weight excluding hydrogens is 288 g/mol. The first-order chi connectivity index (χ1) is 10.5. The third-order valence-corrected chi connectivity index (χ3v) is 3.68. The smallest absolute Gasteiger partial charge is 0.305 e. The van der Waals surface area contributed by atoms with Crippen LogP contribution < -0.4 is 14.8 Å². The fourth-order valence-corrected chi connectivity index (χ4v) is 2.54. The summed E-state index contributed by atoms with van der Waals surface area (Å²) in [7, 11) is 3.14. The van der Waals surface area contributed by atoms with Gasteiger partial charge < -0.3 is 19.9 Å². The Hall–Kier alpha value is -2.28. The van der Waals surface area contributed by atoms with Crippen LogP contribution in [0, 0.1) is 0 Å². The molecule has 1 saturated heterocycles. The van der Waals surface area contributed by atoms with Crippen molar-refractivity contribution in [3.8, 4) is 11.5 Å². The van der Waals surface area contributed by atoms with Gasteiger partial charge in [-0.1, -0.05) is 6.07 Å². The highest BCUT2D eigenvalue weighted by atomic mass is 16.5. The second-order valence-electron chi connectivity index (χ2n) is 5.05. The van der Waals surface area contributed by atoms with Crippen molar-refractivity contribution >= 4 is 11.9 Å². The van der Waals surface area contributed by atoms with E-state index in [1.165, 1.54) is 0 Å². The Kier molecular flexibility index (Phi) is 5.21. The topological polar surface area (TPSA) is 88.1 Å². The molecule has 7 heteroatoms. The summed E-state index contributed by atoms with van der Waals surface area (Å²) in [5, 5.41) is 11.7. The standard InChI is InChI=1S/C15H20N2O5/c1-21-11-4-3-10(13(7-11)22-2)9-17-6-5-16-15(20)12(17)8-14(18)19/h3-4,7,12H,5-6,8-9H2,1-2H3,(H,16,20)(H,18,19)/t12-/m1/s1. The minimum absolute atomic E-state index is 0.218. The second kappa shape index (κ2) is 7.13. The molecule has 0 bridgehead atoms. The number of piperazine rings is 1. The van der Waals surface area contributed by atoms with Gasteiger partial charge in [0.25, 0.3) is 0 Å². The Morgan fingerprint density at radius 1 is 1.41 bits per heavy atom. The third kappa shape index (κ3) is 3.67. The number of nitrogens with one attached hydrogen (secondary N) is 1. The predicted molar refractivity (Wildman–Crippen MR) is 79.0 cm³/mol. The van der Waals surface area contributed by atoms with E-state index in [-0.39, 0.29) is 12.3 Å². The molecule has 0 spiro atoms. The number of hydrogen-bond donors (Lipinski definition) is 2. The van der Waals surface area contributed by atoms with Gasteiger partial charge in [-0.15, -0.1) is 0 Å².